The van der Waals surface area contributed by atoms with E-state index >= 15 is 0 Å². The molecule has 1 aliphatic carbocycles. The zero-order valence-electron chi connectivity index (χ0n) is 12.3. The van der Waals surface area contributed by atoms with Crippen molar-refractivity contribution in [2.45, 2.75) is 16.6 Å². The van der Waals surface area contributed by atoms with Crippen LogP contribution >= 0.6 is 0 Å². The molecule has 126 valence electrons. The minimum atomic E-state index is -3.96. The third-order valence-corrected chi connectivity index (χ3v) is 6.23. The van der Waals surface area contributed by atoms with Gasteiger partial charge in [-0.05, 0) is 24.3 Å². The van der Waals surface area contributed by atoms with Crippen LogP contribution in [0.15, 0.2) is 46.4 Å². The monoisotopic (exact) mass is 360 g/mol. The lowest BCUT2D eigenvalue weighted by atomic mass is 9.99. The molecule has 0 amide bonds. The number of ether oxygens (including phenoxy) is 2. The van der Waals surface area contributed by atoms with Crippen LogP contribution in [0.3, 0.4) is 0 Å². The molecule has 2 heterocycles. The lowest BCUT2D eigenvalue weighted by molar-refractivity contribution is -0.151. The highest BCUT2D eigenvalue weighted by Gasteiger charge is 2.40. The van der Waals surface area contributed by atoms with E-state index in [1.807, 2.05) is 0 Å². The van der Waals surface area contributed by atoms with Crippen LogP contribution in [0.1, 0.15) is 27.1 Å². The predicted octanol–water partition coefficient (Wildman–Crippen LogP) is 0.479. The molecule has 9 heteroatoms. The average molecular weight is 360 g/mol. The van der Waals surface area contributed by atoms with Gasteiger partial charge >= 0.3 is 23.9 Å². The molecule has 2 aliphatic heterocycles. The summed E-state index contributed by atoms with van der Waals surface area (Å²) < 4.78 is 34.5. The molecule has 1 atom stereocenters. The molecule has 0 radical (unpaired) electrons. The Labute approximate surface area is 140 Å². The highest BCUT2D eigenvalue weighted by Crippen LogP contribution is 2.33. The molecule has 8 nitrogen and oxygen atoms in total. The molecule has 0 N–H and O–H groups in total. The van der Waals surface area contributed by atoms with Crippen LogP contribution in [-0.2, 0) is 28.9 Å². The number of esters is 4. The highest BCUT2D eigenvalue weighted by molar-refractivity contribution is 7.92. The Morgan fingerprint density at radius 1 is 0.880 bits per heavy atom. The van der Waals surface area contributed by atoms with E-state index in [0.29, 0.717) is 0 Å². The number of carbonyl (C=O) groups is 4. The third-order valence-electron chi connectivity index (χ3n) is 4.20. The quantitative estimate of drug-likeness (QED) is 0.551. The van der Waals surface area contributed by atoms with E-state index in [-0.39, 0.29) is 33.6 Å². The summed E-state index contributed by atoms with van der Waals surface area (Å²) in [5.41, 5.74) is -0.0595. The van der Waals surface area contributed by atoms with Crippen LogP contribution in [0.2, 0.25) is 0 Å². The Balaban J connectivity index is 1.72. The van der Waals surface area contributed by atoms with Crippen molar-refractivity contribution in [1.82, 2.24) is 0 Å². The molecular formula is C16H8O8S. The van der Waals surface area contributed by atoms with Crippen molar-refractivity contribution < 1.29 is 37.1 Å². The fraction of sp³-hybridized carbons (Fsp3) is 0.125. The van der Waals surface area contributed by atoms with Crippen molar-refractivity contribution in [1.29, 1.82) is 0 Å². The molecule has 4 rings (SSSR count). The highest BCUT2D eigenvalue weighted by atomic mass is 32.2. The second-order valence-corrected chi connectivity index (χ2v) is 7.77. The van der Waals surface area contributed by atoms with Crippen LogP contribution in [-0.4, -0.2) is 37.5 Å². The predicted molar refractivity (Wildman–Crippen MR) is 79.0 cm³/mol. The zero-order chi connectivity index (χ0) is 17.9. The molecule has 0 aromatic heterocycles. The molecule has 0 bridgehead atoms. The minimum Gasteiger partial charge on any atom is -0.386 e. The van der Waals surface area contributed by atoms with Crippen LogP contribution in [0, 0.1) is 0 Å². The first-order chi connectivity index (χ1) is 11.8. The van der Waals surface area contributed by atoms with E-state index in [9.17, 15) is 27.6 Å². The van der Waals surface area contributed by atoms with Gasteiger partial charge in [0.15, 0.2) is 9.84 Å². The number of carbonyl (C=O) groups excluding carboxylic acids is 4. The number of benzene rings is 1. The van der Waals surface area contributed by atoms with Gasteiger partial charge in [-0.1, -0.05) is 6.08 Å². The first kappa shape index (κ1) is 15.5. The molecule has 0 saturated carbocycles. The van der Waals surface area contributed by atoms with Crippen molar-refractivity contribution in [3.05, 3.63) is 52.6 Å². The van der Waals surface area contributed by atoms with E-state index in [1.165, 1.54) is 24.3 Å². The van der Waals surface area contributed by atoms with Gasteiger partial charge in [-0.2, -0.15) is 0 Å². The van der Waals surface area contributed by atoms with E-state index in [1.54, 1.807) is 0 Å². The summed E-state index contributed by atoms with van der Waals surface area (Å²) in [7, 11) is -3.96. The van der Waals surface area contributed by atoms with Crippen LogP contribution in [0.4, 0.5) is 0 Å². The summed E-state index contributed by atoms with van der Waals surface area (Å²) in [6, 6.07) is 3.48. The minimum absolute atomic E-state index is 0.00176. The average Bonchev–Trinajstić information content (AvgIpc) is 3.03. The van der Waals surface area contributed by atoms with E-state index < -0.39 is 39.0 Å². The Morgan fingerprint density at radius 3 is 2.32 bits per heavy atom. The second-order valence-electron chi connectivity index (χ2n) is 5.60. The number of sulfone groups is 1. The largest absolute Gasteiger partial charge is 0.386 e. The van der Waals surface area contributed by atoms with Gasteiger partial charge in [-0.3, -0.25) is 0 Å². The van der Waals surface area contributed by atoms with Crippen LogP contribution in [0.25, 0.3) is 0 Å². The molecule has 1 aromatic carbocycles. The smallest absolute Gasteiger partial charge is 0.346 e. The number of rotatable bonds is 2. The Bertz CT molecular complexity index is 1060. The normalized spacial score (nSPS) is 22.0. The SMILES string of the molecule is O=C1OC(=O)C2=C1C=CC(S(=O)(=O)c1ccc3c(c1)C(=O)OC3=O)C2. The van der Waals surface area contributed by atoms with Crippen molar-refractivity contribution in [2.75, 3.05) is 0 Å². The van der Waals surface area contributed by atoms with Crippen molar-refractivity contribution in [3.8, 4) is 0 Å². The van der Waals surface area contributed by atoms with E-state index in [4.69, 9.17) is 0 Å². The fourth-order valence-corrected chi connectivity index (χ4v) is 4.46. The van der Waals surface area contributed by atoms with Gasteiger partial charge in [0.1, 0.15) is 0 Å². The van der Waals surface area contributed by atoms with Gasteiger partial charge in [0.05, 0.1) is 32.4 Å². The van der Waals surface area contributed by atoms with Crippen molar-refractivity contribution in [3.63, 3.8) is 0 Å². The molecule has 1 aromatic rings. The lowest BCUT2D eigenvalue weighted by Crippen LogP contribution is -2.23. The maximum atomic E-state index is 12.8. The van der Waals surface area contributed by atoms with Crippen molar-refractivity contribution >= 4 is 33.7 Å². The molecule has 25 heavy (non-hydrogen) atoms. The van der Waals surface area contributed by atoms with Gasteiger partial charge in [-0.15, -0.1) is 0 Å². The summed E-state index contributed by atoms with van der Waals surface area (Å²) in [4.78, 5) is 45.9. The van der Waals surface area contributed by atoms with Gasteiger partial charge in [-0.25, -0.2) is 27.6 Å². The summed E-state index contributed by atoms with van der Waals surface area (Å²) in [6.07, 6.45) is 2.34. The maximum Gasteiger partial charge on any atom is 0.346 e. The molecule has 0 saturated heterocycles. The van der Waals surface area contributed by atoms with Crippen molar-refractivity contribution in [2.24, 2.45) is 0 Å². The van der Waals surface area contributed by atoms with Crippen LogP contribution < -0.4 is 0 Å². The first-order valence-electron chi connectivity index (χ1n) is 7.11. The van der Waals surface area contributed by atoms with Gasteiger partial charge in [0, 0.05) is 6.42 Å². The zero-order valence-corrected chi connectivity index (χ0v) is 13.2. The molecule has 0 spiro atoms. The standard InChI is InChI=1S/C16H8O8S/c17-13-9-3-1-7(5-11(9)15(19)23-13)25(21,22)8-2-4-10-12(6-8)16(20)24-14(10)18/h1-5,8H,6H2. The number of fused-ring (bicyclic) bond motifs is 1. The Hall–Kier alpha value is -3.07. The number of cyclic esters (lactones) is 4. The Morgan fingerprint density at radius 2 is 1.56 bits per heavy atom. The molecule has 1 unspecified atom stereocenters. The molecular weight excluding hydrogens is 352 g/mol. The van der Waals surface area contributed by atoms with E-state index in [2.05, 4.69) is 9.47 Å². The summed E-state index contributed by atoms with van der Waals surface area (Å²) in [6.45, 7) is 0. The first-order valence-corrected chi connectivity index (χ1v) is 8.66. The number of hydrogen-bond donors (Lipinski definition) is 0. The lowest BCUT2D eigenvalue weighted by Gasteiger charge is -2.17. The molecule has 0 fully saturated rings. The van der Waals surface area contributed by atoms with E-state index in [0.717, 1.165) is 6.07 Å². The molecule has 3 aliphatic rings. The van der Waals surface area contributed by atoms with Gasteiger partial charge < -0.3 is 9.47 Å². The van der Waals surface area contributed by atoms with Gasteiger partial charge in [0.25, 0.3) is 0 Å². The maximum absolute atomic E-state index is 12.8. The fourth-order valence-electron chi connectivity index (χ4n) is 2.90. The topological polar surface area (TPSA) is 121 Å². The third kappa shape index (κ3) is 2.16. The second kappa shape index (κ2) is 4.96. The van der Waals surface area contributed by atoms with Gasteiger partial charge in [0.2, 0.25) is 0 Å². The summed E-state index contributed by atoms with van der Waals surface area (Å²) in [5.74, 6) is -3.40. The summed E-state index contributed by atoms with van der Waals surface area (Å²) >= 11 is 0. The Kier molecular flexibility index (Phi) is 3.07. The summed E-state index contributed by atoms with van der Waals surface area (Å²) in [5, 5.41) is -1.10. The van der Waals surface area contributed by atoms with Crippen LogP contribution in [0.5, 0.6) is 0 Å². The number of hydrogen-bond acceptors (Lipinski definition) is 8.